The van der Waals surface area contributed by atoms with E-state index in [-0.39, 0.29) is 5.41 Å². The van der Waals surface area contributed by atoms with Crippen LogP contribution < -0.4 is 0 Å². The molecule has 0 amide bonds. The minimum Gasteiger partial charge on any atom is -0.491 e. The summed E-state index contributed by atoms with van der Waals surface area (Å²) in [5.41, 5.74) is 1.25. The number of hydrogen-bond donors (Lipinski definition) is 0. The summed E-state index contributed by atoms with van der Waals surface area (Å²) in [6, 6.07) is 2.08. The lowest BCUT2D eigenvalue weighted by atomic mass is 9.98. The van der Waals surface area contributed by atoms with E-state index in [4.69, 9.17) is 9.47 Å². The predicted molar refractivity (Wildman–Crippen MR) is 113 cm³/mol. The Labute approximate surface area is 164 Å². The highest BCUT2D eigenvalue weighted by atomic mass is 32.1. The number of ether oxygens (including phenoxy) is 2. The van der Waals surface area contributed by atoms with Gasteiger partial charge in [-0.25, -0.2) is 0 Å². The molecule has 3 nitrogen and oxygen atoms in total. The first-order valence-electron chi connectivity index (χ1n) is 9.58. The standard InChI is InChI=1S/C22H35NO2S/c1-6-21(20-11-18-26-19-20)25-17-16-24-15-14-23(7-2)13-10-8-9-12-22(3,4)5/h6,11,18-19H,7-8,10,13-17H2,1-5H3/b21-6-. The minimum absolute atomic E-state index is 0.108. The number of thiophene rings is 1. The van der Waals surface area contributed by atoms with Crippen LogP contribution in [0.4, 0.5) is 0 Å². The van der Waals surface area contributed by atoms with Crippen LogP contribution >= 0.6 is 11.3 Å². The van der Waals surface area contributed by atoms with E-state index in [1.165, 1.54) is 0 Å². The van der Waals surface area contributed by atoms with E-state index in [1.807, 2.05) is 13.0 Å². The Morgan fingerprint density at radius 3 is 2.65 bits per heavy atom. The number of unbranched alkanes of at least 4 members (excludes halogenated alkanes) is 1. The average molecular weight is 378 g/mol. The molecule has 146 valence electrons. The summed E-state index contributed by atoms with van der Waals surface area (Å²) in [4.78, 5) is 2.42. The molecule has 0 spiro atoms. The third-order valence-corrected chi connectivity index (χ3v) is 4.47. The zero-order valence-electron chi connectivity index (χ0n) is 17.1. The van der Waals surface area contributed by atoms with Gasteiger partial charge in [0, 0.05) is 29.3 Å². The number of rotatable bonds is 12. The van der Waals surface area contributed by atoms with Gasteiger partial charge in [-0.2, -0.15) is 11.3 Å². The quantitative estimate of drug-likeness (QED) is 0.280. The van der Waals surface area contributed by atoms with Crippen molar-refractivity contribution < 1.29 is 9.47 Å². The van der Waals surface area contributed by atoms with Crippen LogP contribution in [0.1, 0.15) is 53.0 Å². The van der Waals surface area contributed by atoms with Crippen molar-refractivity contribution in [1.82, 2.24) is 4.90 Å². The topological polar surface area (TPSA) is 21.7 Å². The Bertz CT molecular complexity index is 561. The molecule has 0 atom stereocenters. The molecule has 1 rings (SSSR count). The molecule has 0 radical (unpaired) electrons. The van der Waals surface area contributed by atoms with Gasteiger partial charge in [-0.05, 0) is 64.7 Å². The monoisotopic (exact) mass is 377 g/mol. The first-order chi connectivity index (χ1) is 12.5. The number of allylic oxidation sites excluding steroid dienone is 1. The molecular formula is C22H35NO2S. The summed E-state index contributed by atoms with van der Waals surface area (Å²) >= 11 is 1.68. The van der Waals surface area contributed by atoms with E-state index in [9.17, 15) is 0 Å². The van der Waals surface area contributed by atoms with Crippen molar-refractivity contribution in [2.75, 3.05) is 39.5 Å². The molecule has 0 aliphatic heterocycles. The molecule has 0 aliphatic rings. The maximum Gasteiger partial charge on any atom is 0.123 e. The molecule has 0 saturated heterocycles. The van der Waals surface area contributed by atoms with Gasteiger partial charge in [-0.3, -0.25) is 0 Å². The van der Waals surface area contributed by atoms with Crippen LogP contribution in [0.25, 0.3) is 5.76 Å². The van der Waals surface area contributed by atoms with Crippen LogP contribution in [0.5, 0.6) is 0 Å². The molecule has 0 fully saturated rings. The summed E-state index contributed by atoms with van der Waals surface area (Å²) in [5.74, 6) is 7.51. The van der Waals surface area contributed by atoms with E-state index in [2.05, 4.69) is 61.3 Å². The van der Waals surface area contributed by atoms with E-state index >= 15 is 0 Å². The van der Waals surface area contributed by atoms with Crippen molar-refractivity contribution in [2.45, 2.75) is 47.5 Å². The lowest BCUT2D eigenvalue weighted by Crippen LogP contribution is -2.28. The van der Waals surface area contributed by atoms with E-state index in [0.29, 0.717) is 13.2 Å². The summed E-state index contributed by atoms with van der Waals surface area (Å²) in [6.07, 6.45) is 4.09. The first kappa shape index (κ1) is 22.8. The summed E-state index contributed by atoms with van der Waals surface area (Å²) < 4.78 is 11.5. The third kappa shape index (κ3) is 10.7. The van der Waals surface area contributed by atoms with Gasteiger partial charge < -0.3 is 14.4 Å². The van der Waals surface area contributed by atoms with Crippen LogP contribution in [0.15, 0.2) is 22.9 Å². The van der Waals surface area contributed by atoms with Gasteiger partial charge in [0.2, 0.25) is 0 Å². The van der Waals surface area contributed by atoms with Crippen LogP contribution in [-0.4, -0.2) is 44.4 Å². The molecule has 0 aliphatic carbocycles. The normalized spacial score (nSPS) is 12.2. The molecule has 0 saturated carbocycles. The van der Waals surface area contributed by atoms with Crippen LogP contribution in [0, 0.1) is 17.3 Å². The highest BCUT2D eigenvalue weighted by molar-refractivity contribution is 7.08. The van der Waals surface area contributed by atoms with Gasteiger partial charge in [0.05, 0.1) is 13.2 Å². The molecule has 1 aromatic rings. The van der Waals surface area contributed by atoms with Crippen molar-refractivity contribution >= 4 is 17.1 Å². The summed E-state index contributed by atoms with van der Waals surface area (Å²) in [7, 11) is 0. The second-order valence-electron chi connectivity index (χ2n) is 7.22. The SMILES string of the molecule is C/C=C(\OCCOCCN(CC)CCCC#CC(C)(C)C)c1ccsc1. The molecule has 4 heteroatoms. The first-order valence-corrected chi connectivity index (χ1v) is 10.5. The highest BCUT2D eigenvalue weighted by Gasteiger charge is 2.05. The van der Waals surface area contributed by atoms with E-state index in [0.717, 1.165) is 50.4 Å². The Balaban J connectivity index is 2.10. The van der Waals surface area contributed by atoms with Gasteiger partial charge in [0.15, 0.2) is 0 Å². The lowest BCUT2D eigenvalue weighted by Gasteiger charge is -2.19. The largest absolute Gasteiger partial charge is 0.491 e. The molecule has 1 aromatic heterocycles. The Kier molecular flexibility index (Phi) is 11.4. The Morgan fingerprint density at radius 1 is 1.23 bits per heavy atom. The van der Waals surface area contributed by atoms with Crippen molar-refractivity contribution in [3.63, 3.8) is 0 Å². The molecule has 26 heavy (non-hydrogen) atoms. The second-order valence-corrected chi connectivity index (χ2v) is 8.00. The summed E-state index contributed by atoms with van der Waals surface area (Å²) in [6.45, 7) is 15.7. The van der Waals surface area contributed by atoms with Gasteiger partial charge in [0.25, 0.3) is 0 Å². The maximum atomic E-state index is 5.80. The number of hydrogen-bond acceptors (Lipinski definition) is 4. The van der Waals surface area contributed by atoms with Crippen LogP contribution in [-0.2, 0) is 9.47 Å². The smallest absolute Gasteiger partial charge is 0.123 e. The van der Waals surface area contributed by atoms with Crippen molar-refractivity contribution in [3.05, 3.63) is 28.5 Å². The van der Waals surface area contributed by atoms with Gasteiger partial charge >= 0.3 is 0 Å². The predicted octanol–water partition coefficient (Wildman–Crippen LogP) is 5.29. The lowest BCUT2D eigenvalue weighted by molar-refractivity contribution is 0.0738. The maximum absolute atomic E-state index is 5.80. The molecule has 0 aromatic carbocycles. The Hall–Kier alpha value is -1.28. The molecule has 0 bridgehead atoms. The fourth-order valence-corrected chi connectivity index (χ4v) is 3.04. The van der Waals surface area contributed by atoms with Gasteiger partial charge in [0.1, 0.15) is 12.4 Å². The molecule has 1 heterocycles. The van der Waals surface area contributed by atoms with E-state index < -0.39 is 0 Å². The zero-order valence-corrected chi connectivity index (χ0v) is 18.0. The van der Waals surface area contributed by atoms with Crippen molar-refractivity contribution in [1.29, 1.82) is 0 Å². The fraction of sp³-hybridized carbons (Fsp3) is 0.636. The van der Waals surface area contributed by atoms with Crippen molar-refractivity contribution in [3.8, 4) is 11.8 Å². The van der Waals surface area contributed by atoms with Gasteiger partial charge in [-0.15, -0.1) is 5.92 Å². The second kappa shape index (κ2) is 13.0. The number of likely N-dealkylation sites (N-methyl/N-ethyl adjacent to an activating group) is 1. The van der Waals surface area contributed by atoms with Crippen LogP contribution in [0.2, 0.25) is 0 Å². The third-order valence-electron chi connectivity index (χ3n) is 3.79. The number of nitrogens with zero attached hydrogens (tertiary/aromatic N) is 1. The fourth-order valence-electron chi connectivity index (χ4n) is 2.39. The van der Waals surface area contributed by atoms with Crippen molar-refractivity contribution in [2.24, 2.45) is 5.41 Å². The van der Waals surface area contributed by atoms with Crippen LogP contribution in [0.3, 0.4) is 0 Å². The van der Waals surface area contributed by atoms with Gasteiger partial charge in [-0.1, -0.05) is 12.8 Å². The Morgan fingerprint density at radius 2 is 2.04 bits per heavy atom. The molecule has 0 unspecified atom stereocenters. The zero-order chi connectivity index (χ0) is 19.3. The highest BCUT2D eigenvalue weighted by Crippen LogP contribution is 2.18. The molecule has 0 N–H and O–H groups in total. The molecular weight excluding hydrogens is 342 g/mol. The minimum atomic E-state index is 0.108. The summed E-state index contributed by atoms with van der Waals surface area (Å²) in [5, 5.41) is 4.16. The van der Waals surface area contributed by atoms with E-state index in [1.54, 1.807) is 11.3 Å². The average Bonchev–Trinajstić information content (AvgIpc) is 3.12.